The molecule has 0 unspecified atom stereocenters. The van der Waals surface area contributed by atoms with Crippen LogP contribution in [0.4, 0.5) is 52.7 Å². The van der Waals surface area contributed by atoms with E-state index in [0.717, 1.165) is 0 Å². The van der Waals surface area contributed by atoms with Crippen LogP contribution in [0.5, 0.6) is 0 Å². The topological polar surface area (TPSA) is 56.5 Å². The van der Waals surface area contributed by atoms with Crippen molar-refractivity contribution in [1.29, 1.82) is 0 Å². The van der Waals surface area contributed by atoms with Gasteiger partial charge in [-0.1, -0.05) is 91.0 Å². The maximum absolute atomic E-state index is 14.2. The smallest absolute Gasteiger partial charge is 0.308 e. The minimum Gasteiger partial charge on any atom is -0.308 e. The van der Waals surface area contributed by atoms with E-state index in [4.69, 9.17) is 15.0 Å². The van der Waals surface area contributed by atoms with Gasteiger partial charge in [0.25, 0.3) is 0 Å². The molecule has 0 atom stereocenters. The van der Waals surface area contributed by atoms with Crippen LogP contribution in [0.1, 0.15) is 22.3 Å². The molecular formula is C54H29F12N5. The van der Waals surface area contributed by atoms with E-state index in [2.05, 4.69) is 4.98 Å². The Hall–Kier alpha value is -8.34. The zero-order valence-electron chi connectivity index (χ0n) is 36.0. The number of aromatic nitrogens is 5. The molecule has 5 nitrogen and oxygen atoms in total. The number of benzene rings is 7. The summed E-state index contributed by atoms with van der Waals surface area (Å²) < 4.78 is 172. The number of halogens is 12. The third kappa shape index (κ3) is 9.18. The lowest BCUT2D eigenvalue weighted by Crippen LogP contribution is -2.11. The molecule has 0 radical (unpaired) electrons. The van der Waals surface area contributed by atoms with Crippen LogP contribution < -0.4 is 0 Å². The monoisotopic (exact) mass is 975 g/mol. The minimum absolute atomic E-state index is 0.0112. The van der Waals surface area contributed by atoms with Gasteiger partial charge in [0.05, 0.1) is 39.0 Å². The van der Waals surface area contributed by atoms with E-state index in [9.17, 15) is 52.7 Å². The van der Waals surface area contributed by atoms with Gasteiger partial charge < -0.3 is 4.57 Å². The lowest BCUT2D eigenvalue weighted by atomic mass is 9.97. The van der Waals surface area contributed by atoms with Crippen molar-refractivity contribution in [3.63, 3.8) is 0 Å². The summed E-state index contributed by atoms with van der Waals surface area (Å²) in [5, 5.41) is 0.737. The summed E-state index contributed by atoms with van der Waals surface area (Å²) in [6, 6.07) is 37.2. The summed E-state index contributed by atoms with van der Waals surface area (Å²) in [4.78, 5) is 18.8. The van der Waals surface area contributed by atoms with Crippen LogP contribution >= 0.6 is 0 Å². The normalized spacial score (nSPS) is 12.5. The molecule has 3 heterocycles. The highest BCUT2D eigenvalue weighted by molar-refractivity contribution is 6.11. The summed E-state index contributed by atoms with van der Waals surface area (Å²) >= 11 is 0. The van der Waals surface area contributed by atoms with Gasteiger partial charge in [0.1, 0.15) is 0 Å². The van der Waals surface area contributed by atoms with Crippen LogP contribution in [0, 0.1) is 0 Å². The first-order chi connectivity index (χ1) is 33.7. The maximum Gasteiger partial charge on any atom is 0.416 e. The molecule has 0 amide bonds. The predicted molar refractivity (Wildman–Crippen MR) is 245 cm³/mol. The van der Waals surface area contributed by atoms with Gasteiger partial charge in [-0.05, 0) is 106 Å². The number of hydrogen-bond acceptors (Lipinski definition) is 4. The second kappa shape index (κ2) is 17.3. The van der Waals surface area contributed by atoms with E-state index in [0.29, 0.717) is 62.9 Å². The second-order valence-electron chi connectivity index (χ2n) is 16.4. The largest absolute Gasteiger partial charge is 0.416 e. The van der Waals surface area contributed by atoms with E-state index in [1.165, 1.54) is 36.4 Å². The average Bonchev–Trinajstić information content (AvgIpc) is 3.68. The molecule has 10 aromatic rings. The minimum atomic E-state index is -5.17. The van der Waals surface area contributed by atoms with Crippen LogP contribution in [0.2, 0.25) is 0 Å². The fourth-order valence-electron chi connectivity index (χ4n) is 8.44. The molecule has 354 valence electrons. The highest BCUT2D eigenvalue weighted by Gasteiger charge is 2.39. The van der Waals surface area contributed by atoms with Crippen molar-refractivity contribution >= 4 is 21.8 Å². The van der Waals surface area contributed by atoms with Gasteiger partial charge in [0.2, 0.25) is 0 Å². The molecule has 0 aliphatic carbocycles. The molecule has 0 bridgehead atoms. The van der Waals surface area contributed by atoms with Gasteiger partial charge in [-0.2, -0.15) is 52.7 Å². The number of fused-ring (bicyclic) bond motifs is 3. The molecule has 0 aliphatic rings. The van der Waals surface area contributed by atoms with Crippen LogP contribution in [-0.2, 0) is 24.7 Å². The third-order valence-corrected chi connectivity index (χ3v) is 11.8. The molecule has 0 saturated carbocycles. The average molecular weight is 976 g/mol. The molecule has 17 heteroatoms. The Kier molecular flexibility index (Phi) is 11.3. The van der Waals surface area contributed by atoms with Gasteiger partial charge >= 0.3 is 24.7 Å². The molecule has 3 aromatic heterocycles. The summed E-state index contributed by atoms with van der Waals surface area (Å²) in [5.41, 5.74) is -3.87. The number of nitrogens with zero attached hydrogens (tertiary/aromatic N) is 5. The van der Waals surface area contributed by atoms with E-state index < -0.39 is 58.1 Å². The zero-order valence-corrected chi connectivity index (χ0v) is 36.0. The quantitative estimate of drug-likeness (QED) is 0.149. The molecular weight excluding hydrogens is 947 g/mol. The van der Waals surface area contributed by atoms with Gasteiger partial charge in [-0.15, -0.1) is 0 Å². The first-order valence-corrected chi connectivity index (χ1v) is 21.3. The van der Waals surface area contributed by atoms with Gasteiger partial charge in [0.15, 0.2) is 17.5 Å². The maximum atomic E-state index is 14.2. The molecule has 71 heavy (non-hydrogen) atoms. The second-order valence-corrected chi connectivity index (χ2v) is 16.4. The summed E-state index contributed by atoms with van der Waals surface area (Å²) in [6.45, 7) is 0. The van der Waals surface area contributed by atoms with E-state index in [1.54, 1.807) is 108 Å². The molecule has 0 saturated heterocycles. The highest BCUT2D eigenvalue weighted by atomic mass is 19.4. The van der Waals surface area contributed by atoms with E-state index >= 15 is 0 Å². The van der Waals surface area contributed by atoms with Crippen LogP contribution in [0.25, 0.3) is 95.0 Å². The van der Waals surface area contributed by atoms with Gasteiger partial charge in [-0.3, -0.25) is 4.98 Å². The molecule has 0 spiro atoms. The zero-order chi connectivity index (χ0) is 50.0. The van der Waals surface area contributed by atoms with Crippen molar-refractivity contribution in [2.75, 3.05) is 0 Å². The van der Waals surface area contributed by atoms with E-state index in [1.807, 2.05) is 0 Å². The SMILES string of the molecule is FC(F)(F)c1cc(-c2ccc3c4ccc(-c5cc(C(F)(F)F)cc(C(F)(F)F)c5)cc4n(-c4ccc(-c5ccncc5)cc4-c4nc(-c5ccccc5)nc(-c5ccccc5)n4)c3c2)cc(C(F)(F)F)c1. The Morgan fingerprint density at radius 3 is 1.10 bits per heavy atom. The fourth-order valence-corrected chi connectivity index (χ4v) is 8.44. The number of rotatable bonds is 7. The predicted octanol–water partition coefficient (Wildman–Crippen LogP) is 16.4. The van der Waals surface area contributed by atoms with Crippen LogP contribution in [0.3, 0.4) is 0 Å². The number of hydrogen-bond donors (Lipinski definition) is 0. The summed E-state index contributed by atoms with van der Waals surface area (Å²) in [6.07, 6.45) is -17.6. The van der Waals surface area contributed by atoms with Crippen LogP contribution in [-0.4, -0.2) is 24.5 Å². The lowest BCUT2D eigenvalue weighted by Gasteiger charge is -2.17. The Morgan fingerprint density at radius 2 is 0.690 bits per heavy atom. The Morgan fingerprint density at radius 1 is 0.310 bits per heavy atom. The Bertz CT molecular complexity index is 3380. The van der Waals surface area contributed by atoms with Gasteiger partial charge in [0, 0.05) is 39.9 Å². The molecule has 0 fully saturated rings. The fraction of sp³-hybridized carbons (Fsp3) is 0.0741. The third-order valence-electron chi connectivity index (χ3n) is 11.8. The van der Waals surface area contributed by atoms with Crippen molar-refractivity contribution in [1.82, 2.24) is 24.5 Å². The van der Waals surface area contributed by atoms with E-state index in [-0.39, 0.29) is 57.5 Å². The van der Waals surface area contributed by atoms with Crippen molar-refractivity contribution in [3.05, 3.63) is 198 Å². The first-order valence-electron chi connectivity index (χ1n) is 21.3. The number of alkyl halides is 12. The lowest BCUT2D eigenvalue weighted by molar-refractivity contribution is -0.144. The van der Waals surface area contributed by atoms with Crippen molar-refractivity contribution in [2.24, 2.45) is 0 Å². The summed E-state index contributed by atoms with van der Waals surface area (Å²) in [7, 11) is 0. The molecule has 0 aliphatic heterocycles. The Balaban J connectivity index is 1.32. The summed E-state index contributed by atoms with van der Waals surface area (Å²) in [5.74, 6) is 0.583. The number of pyridine rings is 1. The highest BCUT2D eigenvalue weighted by Crippen LogP contribution is 2.45. The Labute approximate surface area is 394 Å². The molecule has 0 N–H and O–H groups in total. The van der Waals surface area contributed by atoms with Crippen LogP contribution in [0.15, 0.2) is 176 Å². The molecule has 10 rings (SSSR count). The standard InChI is InChI=1S/C54H29F12N5/c55-51(56,57)38-21-36(22-39(28-38)52(58,59)60)34-11-14-42-43-15-12-35(37-23-40(53(61,62)63)29-41(24-37)54(64,65)66)27-47(43)71(46(42)26-34)45-16-13-33(30-17-19-67-20-18-30)25-44(45)50-69-48(31-7-3-1-4-8-31)68-49(70-50)32-9-5-2-6-10-32/h1-29H. The van der Waals surface area contributed by atoms with Crippen molar-refractivity contribution < 1.29 is 52.7 Å². The van der Waals surface area contributed by atoms with Crippen molar-refractivity contribution in [3.8, 4) is 73.2 Å². The van der Waals surface area contributed by atoms with Gasteiger partial charge in [-0.25, -0.2) is 15.0 Å². The van der Waals surface area contributed by atoms with Crippen molar-refractivity contribution in [2.45, 2.75) is 24.7 Å². The first kappa shape index (κ1) is 46.4. The molecule has 7 aromatic carbocycles.